The van der Waals surface area contributed by atoms with Crippen molar-refractivity contribution in [3.05, 3.63) is 40.2 Å². The average Bonchev–Trinajstić information content (AvgIpc) is 2.62. The summed E-state index contributed by atoms with van der Waals surface area (Å²) in [6.45, 7) is -0.778. The van der Waals surface area contributed by atoms with E-state index in [9.17, 15) is 24.9 Å². The van der Waals surface area contributed by atoms with E-state index in [-0.39, 0.29) is 5.58 Å². The fourth-order valence-corrected chi connectivity index (χ4v) is 2.31. The van der Waals surface area contributed by atoms with E-state index in [1.807, 2.05) is 0 Å². The fraction of sp³-hybridized carbons (Fsp3) is 0.294. The van der Waals surface area contributed by atoms with Crippen molar-refractivity contribution < 1.29 is 29.6 Å². The van der Waals surface area contributed by atoms with Gasteiger partial charge in [0.2, 0.25) is 0 Å². The Morgan fingerprint density at radius 2 is 1.96 bits per heavy atom. The lowest BCUT2D eigenvalue weighted by molar-refractivity contribution is -0.117. The summed E-state index contributed by atoms with van der Waals surface area (Å²) in [7, 11) is 0. The molecule has 2 rings (SSSR count). The molecule has 0 bridgehead atoms. The summed E-state index contributed by atoms with van der Waals surface area (Å²) in [5, 5.41) is 41.0. The molecule has 0 aliphatic carbocycles. The van der Waals surface area contributed by atoms with Crippen LogP contribution < -0.4 is 10.9 Å². The molecule has 8 nitrogen and oxygen atoms in total. The molecule has 5 N–H and O–H groups in total. The molecule has 1 aromatic carbocycles. The van der Waals surface area contributed by atoms with Crippen molar-refractivity contribution in [2.75, 3.05) is 11.9 Å². The van der Waals surface area contributed by atoms with Gasteiger partial charge >= 0.3 is 5.63 Å². The highest BCUT2D eigenvalue weighted by molar-refractivity contribution is 5.86. The van der Waals surface area contributed by atoms with Gasteiger partial charge in [0.1, 0.15) is 36.2 Å². The van der Waals surface area contributed by atoms with Crippen LogP contribution >= 0.6 is 0 Å². The monoisotopic (exact) mass is 347 g/mol. The molecule has 25 heavy (non-hydrogen) atoms. The summed E-state index contributed by atoms with van der Waals surface area (Å²) in [5.74, 6) is 2.37. The highest BCUT2D eigenvalue weighted by atomic mass is 16.4. The zero-order chi connectivity index (χ0) is 18.6. The third-order valence-electron chi connectivity index (χ3n) is 3.68. The van der Waals surface area contributed by atoms with Gasteiger partial charge in [0.15, 0.2) is 0 Å². The standard InChI is InChI=1S/C17H17NO7/c1-2-9-5-15(22)25-14-6-10(3-4-11(9)14)18-12(7-19)16(23)17(24)13(21)8-20/h1,3-7,12-13,16-18,20-21,23-24H,8H2/t12-,13+,16+,17+/m0/s1. The minimum atomic E-state index is -1.74. The maximum atomic E-state index is 11.5. The molecule has 0 radical (unpaired) electrons. The minimum Gasteiger partial charge on any atom is -0.423 e. The third-order valence-corrected chi connectivity index (χ3v) is 3.68. The van der Waals surface area contributed by atoms with Gasteiger partial charge in [0.25, 0.3) is 0 Å². The number of aliphatic hydroxyl groups excluding tert-OH is 4. The second kappa shape index (κ2) is 7.92. The number of hydrogen-bond donors (Lipinski definition) is 5. The number of fused-ring (bicyclic) bond motifs is 1. The summed E-state index contributed by atoms with van der Waals surface area (Å²) in [5.41, 5.74) is 0.213. The number of terminal acetylenes is 1. The van der Waals surface area contributed by atoms with Gasteiger partial charge in [-0.05, 0) is 12.1 Å². The normalized spacial score (nSPS) is 15.8. The zero-order valence-corrected chi connectivity index (χ0v) is 13.0. The van der Waals surface area contributed by atoms with Gasteiger partial charge in [-0.25, -0.2) is 4.79 Å². The van der Waals surface area contributed by atoms with Crippen LogP contribution in [0.2, 0.25) is 0 Å². The summed E-state index contributed by atoms with van der Waals surface area (Å²) in [6, 6.07) is 4.43. The Kier molecular flexibility index (Phi) is 5.90. The van der Waals surface area contributed by atoms with Gasteiger partial charge in [-0.3, -0.25) is 0 Å². The van der Waals surface area contributed by atoms with E-state index in [0.29, 0.717) is 22.9 Å². The molecule has 0 spiro atoms. The first-order valence-electron chi connectivity index (χ1n) is 7.32. The van der Waals surface area contributed by atoms with Crippen LogP contribution in [0, 0.1) is 12.3 Å². The van der Waals surface area contributed by atoms with Crippen molar-refractivity contribution >= 4 is 22.9 Å². The Balaban J connectivity index is 2.31. The van der Waals surface area contributed by atoms with Crippen molar-refractivity contribution in [2.24, 2.45) is 0 Å². The first-order chi connectivity index (χ1) is 11.9. The number of hydrogen-bond acceptors (Lipinski definition) is 8. The highest BCUT2D eigenvalue weighted by Gasteiger charge is 2.31. The van der Waals surface area contributed by atoms with E-state index in [1.165, 1.54) is 12.1 Å². The van der Waals surface area contributed by atoms with Crippen molar-refractivity contribution in [3.8, 4) is 12.3 Å². The second-order valence-electron chi connectivity index (χ2n) is 5.37. The molecule has 2 aromatic rings. The van der Waals surface area contributed by atoms with Gasteiger partial charge in [-0.1, -0.05) is 5.92 Å². The maximum absolute atomic E-state index is 11.5. The molecule has 132 valence electrons. The van der Waals surface area contributed by atoms with Crippen molar-refractivity contribution in [3.63, 3.8) is 0 Å². The topological polar surface area (TPSA) is 140 Å². The molecule has 1 aromatic heterocycles. The van der Waals surface area contributed by atoms with Crippen LogP contribution in [-0.4, -0.2) is 57.7 Å². The van der Waals surface area contributed by atoms with Crippen molar-refractivity contribution in [2.45, 2.75) is 24.4 Å². The highest BCUT2D eigenvalue weighted by Crippen LogP contribution is 2.22. The molecule has 1 heterocycles. The molecular weight excluding hydrogens is 330 g/mol. The molecule has 0 saturated heterocycles. The van der Waals surface area contributed by atoms with E-state index in [0.717, 1.165) is 0 Å². The number of benzene rings is 1. The Morgan fingerprint density at radius 3 is 2.56 bits per heavy atom. The van der Waals surface area contributed by atoms with Gasteiger partial charge in [0, 0.05) is 28.8 Å². The summed E-state index contributed by atoms with van der Waals surface area (Å²) < 4.78 is 5.06. The number of anilines is 1. The first kappa shape index (κ1) is 18.6. The summed E-state index contributed by atoms with van der Waals surface area (Å²) >= 11 is 0. The van der Waals surface area contributed by atoms with E-state index < -0.39 is 36.6 Å². The number of carbonyl (C=O) groups is 1. The Labute approximate surface area is 142 Å². The first-order valence-corrected chi connectivity index (χ1v) is 7.32. The summed E-state index contributed by atoms with van der Waals surface area (Å²) in [6.07, 6.45) is 0.663. The van der Waals surface area contributed by atoms with Crippen molar-refractivity contribution in [1.82, 2.24) is 0 Å². The number of aliphatic hydroxyl groups is 4. The maximum Gasteiger partial charge on any atom is 0.337 e. The number of nitrogens with one attached hydrogen (secondary N) is 1. The molecule has 0 saturated carbocycles. The van der Waals surface area contributed by atoms with Crippen LogP contribution in [0.15, 0.2) is 33.5 Å². The van der Waals surface area contributed by atoms with Gasteiger partial charge in [-0.2, -0.15) is 0 Å². The fourth-order valence-electron chi connectivity index (χ4n) is 2.31. The Bertz CT molecular complexity index is 854. The number of aldehydes is 1. The van der Waals surface area contributed by atoms with Gasteiger partial charge < -0.3 is 35.0 Å². The summed E-state index contributed by atoms with van der Waals surface area (Å²) in [4.78, 5) is 22.7. The van der Waals surface area contributed by atoms with E-state index in [2.05, 4.69) is 11.2 Å². The molecular formula is C17H17NO7. The molecule has 0 aliphatic rings. The van der Waals surface area contributed by atoms with E-state index in [4.69, 9.17) is 15.9 Å². The SMILES string of the molecule is C#Cc1cc(=O)oc2cc(N[C@@H](C=O)[C@@H](O)[C@H](O)[C@H](O)CO)ccc12. The third kappa shape index (κ3) is 4.04. The quantitative estimate of drug-likeness (QED) is 0.240. The molecule has 0 aliphatic heterocycles. The van der Waals surface area contributed by atoms with Crippen LogP contribution in [0.4, 0.5) is 5.69 Å². The van der Waals surface area contributed by atoms with Crippen LogP contribution in [0.1, 0.15) is 5.56 Å². The molecule has 4 atom stereocenters. The average molecular weight is 347 g/mol. The molecule has 0 amide bonds. The largest absolute Gasteiger partial charge is 0.423 e. The molecule has 0 fully saturated rings. The number of rotatable bonds is 7. The minimum absolute atomic E-state index is 0.181. The second-order valence-corrected chi connectivity index (χ2v) is 5.37. The van der Waals surface area contributed by atoms with Crippen LogP contribution in [0.25, 0.3) is 11.0 Å². The van der Waals surface area contributed by atoms with Crippen LogP contribution in [0.5, 0.6) is 0 Å². The van der Waals surface area contributed by atoms with E-state index >= 15 is 0 Å². The zero-order valence-electron chi connectivity index (χ0n) is 13.0. The predicted molar refractivity (Wildman–Crippen MR) is 89.0 cm³/mol. The smallest absolute Gasteiger partial charge is 0.337 e. The Morgan fingerprint density at radius 1 is 1.24 bits per heavy atom. The lowest BCUT2D eigenvalue weighted by Crippen LogP contribution is -2.49. The van der Waals surface area contributed by atoms with Crippen LogP contribution in [-0.2, 0) is 4.79 Å². The molecule has 0 unspecified atom stereocenters. The number of carbonyl (C=O) groups excluding carboxylic acids is 1. The van der Waals surface area contributed by atoms with Crippen LogP contribution in [0.3, 0.4) is 0 Å². The Hall–Kier alpha value is -2.70. The van der Waals surface area contributed by atoms with E-state index in [1.54, 1.807) is 12.1 Å². The molecule has 8 heteroatoms. The van der Waals surface area contributed by atoms with Gasteiger partial charge in [0.05, 0.1) is 6.61 Å². The lowest BCUT2D eigenvalue weighted by atomic mass is 10.0. The lowest BCUT2D eigenvalue weighted by Gasteiger charge is -2.26. The van der Waals surface area contributed by atoms with Gasteiger partial charge in [-0.15, -0.1) is 6.42 Å². The van der Waals surface area contributed by atoms with Crippen molar-refractivity contribution in [1.29, 1.82) is 0 Å². The predicted octanol–water partition coefficient (Wildman–Crippen LogP) is -1.17.